The van der Waals surface area contributed by atoms with Gasteiger partial charge in [0.2, 0.25) is 0 Å². The molecule has 0 heterocycles. The number of halogens is 1. The summed E-state index contributed by atoms with van der Waals surface area (Å²) in [6.45, 7) is 0. The minimum Gasteiger partial charge on any atom is -0.480 e. The first-order valence-electron chi connectivity index (χ1n) is 5.33. The summed E-state index contributed by atoms with van der Waals surface area (Å²) >= 11 is 9.25. The number of amides is 1. The Hall–Kier alpha value is -1.53. The normalized spacial score (nSPS) is 11.7. The molecular weight excluding hydrogens is 290 g/mol. The first-order chi connectivity index (χ1) is 8.99. The highest BCUT2D eigenvalue weighted by molar-refractivity contribution is 7.80. The van der Waals surface area contributed by atoms with Crippen LogP contribution in [0.2, 0.25) is 0 Å². The Balaban J connectivity index is 2.78. The minimum absolute atomic E-state index is 0.0100. The summed E-state index contributed by atoms with van der Waals surface area (Å²) in [5.41, 5.74) is 0.662. The number of nitrogens with one attached hydrogen (secondary N) is 1. The zero-order valence-corrected chi connectivity index (χ0v) is 11.4. The summed E-state index contributed by atoms with van der Waals surface area (Å²) in [6.07, 6.45) is 0. The monoisotopic (exact) mass is 301 g/mol. The number of carbonyl (C=O) groups is 3. The smallest absolute Gasteiger partial charge is 0.327 e. The van der Waals surface area contributed by atoms with Crippen LogP contribution in [0, 0.1) is 0 Å². The van der Waals surface area contributed by atoms with E-state index in [-0.39, 0.29) is 23.0 Å². The van der Waals surface area contributed by atoms with Crippen LogP contribution in [0.5, 0.6) is 0 Å². The zero-order valence-electron chi connectivity index (χ0n) is 9.80. The standard InChI is InChI=1S/C12H12ClNO4S/c13-5-10(15)7-1-3-8(4-2-7)11(16)14-9(6-19)12(17)18/h1-4,9,19H,5-6H2,(H,14,16)(H,17,18)/t9-/m0/s1. The molecule has 0 aliphatic heterocycles. The topological polar surface area (TPSA) is 83.5 Å². The Morgan fingerprint density at radius 1 is 1.21 bits per heavy atom. The maximum Gasteiger partial charge on any atom is 0.327 e. The lowest BCUT2D eigenvalue weighted by Crippen LogP contribution is -2.42. The number of aliphatic carboxylic acids is 1. The van der Waals surface area contributed by atoms with Crippen molar-refractivity contribution in [2.45, 2.75) is 6.04 Å². The second-order valence-electron chi connectivity index (χ2n) is 3.68. The lowest BCUT2D eigenvalue weighted by molar-refractivity contribution is -0.138. The second-order valence-corrected chi connectivity index (χ2v) is 4.31. The first-order valence-corrected chi connectivity index (χ1v) is 6.50. The molecule has 0 spiro atoms. The Bertz CT molecular complexity index is 489. The molecule has 1 aromatic carbocycles. The molecular formula is C12H12ClNO4S. The van der Waals surface area contributed by atoms with Crippen LogP contribution in [0.3, 0.4) is 0 Å². The molecule has 0 bridgehead atoms. The molecule has 5 nitrogen and oxygen atoms in total. The molecule has 0 unspecified atom stereocenters. The average Bonchev–Trinajstić information content (AvgIpc) is 2.43. The van der Waals surface area contributed by atoms with Gasteiger partial charge in [-0.2, -0.15) is 12.6 Å². The van der Waals surface area contributed by atoms with Crippen LogP contribution in [-0.2, 0) is 4.79 Å². The van der Waals surface area contributed by atoms with E-state index in [0.29, 0.717) is 5.56 Å². The van der Waals surface area contributed by atoms with Crippen LogP contribution in [-0.4, -0.2) is 40.4 Å². The predicted octanol–water partition coefficient (Wildman–Crippen LogP) is 1.22. The van der Waals surface area contributed by atoms with E-state index in [2.05, 4.69) is 17.9 Å². The third-order valence-electron chi connectivity index (χ3n) is 2.38. The number of thiol groups is 1. The van der Waals surface area contributed by atoms with E-state index in [9.17, 15) is 14.4 Å². The lowest BCUT2D eigenvalue weighted by Gasteiger charge is -2.11. The van der Waals surface area contributed by atoms with Crippen LogP contribution in [0.25, 0.3) is 0 Å². The molecule has 102 valence electrons. The minimum atomic E-state index is -1.16. The van der Waals surface area contributed by atoms with Gasteiger partial charge in [-0.15, -0.1) is 11.6 Å². The number of alkyl halides is 1. The Morgan fingerprint density at radius 3 is 2.16 bits per heavy atom. The molecule has 0 saturated carbocycles. The molecule has 0 saturated heterocycles. The van der Waals surface area contributed by atoms with E-state index in [0.717, 1.165) is 0 Å². The van der Waals surface area contributed by atoms with Crippen molar-refractivity contribution < 1.29 is 19.5 Å². The number of hydrogen-bond acceptors (Lipinski definition) is 4. The number of benzene rings is 1. The van der Waals surface area contributed by atoms with Gasteiger partial charge >= 0.3 is 5.97 Å². The SMILES string of the molecule is O=C(CCl)c1ccc(C(=O)N[C@@H](CS)C(=O)O)cc1. The fourth-order valence-electron chi connectivity index (χ4n) is 1.31. The quantitative estimate of drug-likeness (QED) is 0.419. The van der Waals surface area contributed by atoms with Crippen molar-refractivity contribution in [2.24, 2.45) is 0 Å². The molecule has 7 heteroatoms. The van der Waals surface area contributed by atoms with Crippen molar-refractivity contribution in [3.05, 3.63) is 35.4 Å². The average molecular weight is 302 g/mol. The fourth-order valence-corrected chi connectivity index (χ4v) is 1.71. The number of ketones is 1. The third-order valence-corrected chi connectivity index (χ3v) is 2.98. The molecule has 0 aliphatic carbocycles. The summed E-state index contributed by atoms with van der Waals surface area (Å²) < 4.78 is 0. The molecule has 0 aromatic heterocycles. The Morgan fingerprint density at radius 2 is 1.74 bits per heavy atom. The van der Waals surface area contributed by atoms with Crippen molar-refractivity contribution in [3.8, 4) is 0 Å². The van der Waals surface area contributed by atoms with Gasteiger partial charge in [0, 0.05) is 16.9 Å². The van der Waals surface area contributed by atoms with E-state index in [1.54, 1.807) is 0 Å². The second kappa shape index (κ2) is 7.16. The van der Waals surface area contributed by atoms with E-state index in [1.165, 1.54) is 24.3 Å². The van der Waals surface area contributed by atoms with E-state index >= 15 is 0 Å². The summed E-state index contributed by atoms with van der Waals surface area (Å²) in [4.78, 5) is 33.8. The van der Waals surface area contributed by atoms with Crippen molar-refractivity contribution in [2.75, 3.05) is 11.6 Å². The van der Waals surface area contributed by atoms with Crippen molar-refractivity contribution in [1.29, 1.82) is 0 Å². The van der Waals surface area contributed by atoms with Gasteiger partial charge in [0.1, 0.15) is 6.04 Å². The number of hydrogen-bond donors (Lipinski definition) is 3. The predicted molar refractivity (Wildman–Crippen MR) is 74.2 cm³/mol. The number of carbonyl (C=O) groups excluding carboxylic acids is 2. The third kappa shape index (κ3) is 4.25. The molecule has 0 radical (unpaired) electrons. The van der Waals surface area contributed by atoms with Crippen LogP contribution < -0.4 is 5.32 Å². The van der Waals surface area contributed by atoms with E-state index < -0.39 is 17.9 Å². The Labute approximate surface area is 120 Å². The van der Waals surface area contributed by atoms with Gasteiger partial charge < -0.3 is 10.4 Å². The molecule has 1 amide bonds. The van der Waals surface area contributed by atoms with E-state index in [4.69, 9.17) is 16.7 Å². The van der Waals surface area contributed by atoms with Crippen LogP contribution in [0.4, 0.5) is 0 Å². The number of Topliss-reactive ketones (excluding diaryl/α,β-unsaturated/α-hetero) is 1. The maximum absolute atomic E-state index is 11.7. The van der Waals surface area contributed by atoms with Gasteiger partial charge in [0.25, 0.3) is 5.91 Å². The highest BCUT2D eigenvalue weighted by atomic mass is 35.5. The first kappa shape index (κ1) is 15.5. The largest absolute Gasteiger partial charge is 0.480 e. The summed E-state index contributed by atoms with van der Waals surface area (Å²) in [6, 6.07) is 4.76. The highest BCUT2D eigenvalue weighted by Gasteiger charge is 2.18. The van der Waals surface area contributed by atoms with E-state index in [1.807, 2.05) is 0 Å². The number of rotatable bonds is 6. The molecule has 0 aliphatic rings. The number of carboxylic acids is 1. The van der Waals surface area contributed by atoms with Crippen LogP contribution in [0.1, 0.15) is 20.7 Å². The van der Waals surface area contributed by atoms with Crippen molar-refractivity contribution in [3.63, 3.8) is 0 Å². The van der Waals surface area contributed by atoms with Crippen LogP contribution >= 0.6 is 24.2 Å². The zero-order chi connectivity index (χ0) is 14.4. The molecule has 19 heavy (non-hydrogen) atoms. The summed E-state index contributed by atoms with van der Waals surface area (Å²) in [5, 5.41) is 11.1. The fraction of sp³-hybridized carbons (Fsp3) is 0.250. The molecule has 1 aromatic rings. The van der Waals surface area contributed by atoms with Gasteiger partial charge in [-0.05, 0) is 12.1 Å². The molecule has 1 rings (SSSR count). The molecule has 0 fully saturated rings. The van der Waals surface area contributed by atoms with Gasteiger partial charge in [0.15, 0.2) is 5.78 Å². The highest BCUT2D eigenvalue weighted by Crippen LogP contribution is 2.07. The van der Waals surface area contributed by atoms with Crippen LogP contribution in [0.15, 0.2) is 24.3 Å². The van der Waals surface area contributed by atoms with Crippen molar-refractivity contribution >= 4 is 41.9 Å². The summed E-state index contributed by atoms with van der Waals surface area (Å²) in [5.74, 6) is -2.08. The Kier molecular flexibility index (Phi) is 5.85. The van der Waals surface area contributed by atoms with Gasteiger partial charge in [-0.3, -0.25) is 9.59 Å². The van der Waals surface area contributed by atoms with Gasteiger partial charge in [-0.25, -0.2) is 4.79 Å². The van der Waals surface area contributed by atoms with Gasteiger partial charge in [-0.1, -0.05) is 12.1 Å². The number of carboxylic acid groups (broad SMARTS) is 1. The lowest BCUT2D eigenvalue weighted by atomic mass is 10.1. The molecule has 1 atom stereocenters. The molecule has 2 N–H and O–H groups in total. The maximum atomic E-state index is 11.7. The van der Waals surface area contributed by atoms with Gasteiger partial charge in [0.05, 0.1) is 5.88 Å². The van der Waals surface area contributed by atoms with Crippen molar-refractivity contribution in [1.82, 2.24) is 5.32 Å². The summed E-state index contributed by atoms with van der Waals surface area (Å²) in [7, 11) is 0.